The summed E-state index contributed by atoms with van der Waals surface area (Å²) in [6, 6.07) is 2.88. The zero-order valence-corrected chi connectivity index (χ0v) is 7.33. The van der Waals surface area contributed by atoms with Gasteiger partial charge in [0.1, 0.15) is 5.15 Å². The van der Waals surface area contributed by atoms with Gasteiger partial charge in [0.2, 0.25) is 5.13 Å². The highest BCUT2D eigenvalue weighted by Crippen LogP contribution is 2.30. The molecule has 1 nitrogen and oxygen atoms in total. The molecule has 1 atom stereocenters. The Morgan fingerprint density at radius 3 is 2.64 bits per heavy atom. The van der Waals surface area contributed by atoms with Crippen molar-refractivity contribution in [3.8, 4) is 0 Å². The SMILES string of the molecule is CC(F)(Cl)c1ccnc(Cl)c1. The van der Waals surface area contributed by atoms with E-state index in [1.807, 2.05) is 0 Å². The van der Waals surface area contributed by atoms with Crippen LogP contribution in [0.4, 0.5) is 4.39 Å². The van der Waals surface area contributed by atoms with Crippen LogP contribution in [0.3, 0.4) is 0 Å². The van der Waals surface area contributed by atoms with Crippen molar-refractivity contribution < 1.29 is 4.39 Å². The van der Waals surface area contributed by atoms with E-state index < -0.39 is 5.13 Å². The summed E-state index contributed by atoms with van der Waals surface area (Å²) in [6.45, 7) is 1.25. The molecule has 11 heavy (non-hydrogen) atoms. The molecule has 1 unspecified atom stereocenters. The molecule has 1 rings (SSSR count). The molecular formula is C7H6Cl2FN. The smallest absolute Gasteiger partial charge is 0.206 e. The normalized spacial score (nSPS) is 16.0. The van der Waals surface area contributed by atoms with Gasteiger partial charge in [-0.25, -0.2) is 9.37 Å². The predicted molar refractivity (Wildman–Crippen MR) is 43.6 cm³/mol. The van der Waals surface area contributed by atoms with E-state index in [-0.39, 0.29) is 5.15 Å². The maximum Gasteiger partial charge on any atom is 0.206 e. The summed E-state index contributed by atoms with van der Waals surface area (Å²) in [6.07, 6.45) is 1.41. The van der Waals surface area contributed by atoms with Gasteiger partial charge < -0.3 is 0 Å². The Hall–Kier alpha value is -0.340. The summed E-state index contributed by atoms with van der Waals surface area (Å²) >= 11 is 10.9. The lowest BCUT2D eigenvalue weighted by Gasteiger charge is -2.10. The minimum atomic E-state index is -1.87. The second kappa shape index (κ2) is 2.95. The summed E-state index contributed by atoms with van der Waals surface area (Å²) in [5, 5.41) is -1.63. The largest absolute Gasteiger partial charge is 0.245 e. The first-order valence-electron chi connectivity index (χ1n) is 3.00. The number of hydrogen-bond donors (Lipinski definition) is 0. The third-order valence-corrected chi connectivity index (χ3v) is 1.66. The summed E-state index contributed by atoms with van der Waals surface area (Å²) in [5.41, 5.74) is 0.319. The van der Waals surface area contributed by atoms with Crippen molar-refractivity contribution >= 4 is 23.2 Å². The Kier molecular flexibility index (Phi) is 2.35. The fraction of sp³-hybridized carbons (Fsp3) is 0.286. The van der Waals surface area contributed by atoms with Gasteiger partial charge in [-0.2, -0.15) is 0 Å². The van der Waals surface area contributed by atoms with E-state index in [2.05, 4.69) is 4.98 Å². The molecule has 1 aromatic heterocycles. The van der Waals surface area contributed by atoms with E-state index in [0.717, 1.165) is 0 Å². The summed E-state index contributed by atoms with van der Waals surface area (Å²) in [7, 11) is 0. The van der Waals surface area contributed by atoms with Gasteiger partial charge in [-0.05, 0) is 19.1 Å². The molecule has 60 valence electrons. The molecule has 0 fully saturated rings. The third-order valence-electron chi connectivity index (χ3n) is 1.23. The lowest BCUT2D eigenvalue weighted by atomic mass is 10.2. The van der Waals surface area contributed by atoms with Gasteiger partial charge in [-0.1, -0.05) is 23.2 Å². The van der Waals surface area contributed by atoms with Crippen LogP contribution >= 0.6 is 23.2 Å². The molecule has 0 radical (unpaired) electrons. The molecule has 1 heterocycles. The zero-order chi connectivity index (χ0) is 8.48. The molecular weight excluding hydrogens is 188 g/mol. The lowest BCUT2D eigenvalue weighted by molar-refractivity contribution is 0.314. The van der Waals surface area contributed by atoms with Gasteiger partial charge >= 0.3 is 0 Å². The molecule has 0 aromatic carbocycles. The number of alkyl halides is 2. The van der Waals surface area contributed by atoms with Crippen molar-refractivity contribution in [2.24, 2.45) is 0 Å². The number of pyridine rings is 1. The average molecular weight is 194 g/mol. The van der Waals surface area contributed by atoms with Crippen LogP contribution in [-0.2, 0) is 5.13 Å². The molecule has 0 bridgehead atoms. The van der Waals surface area contributed by atoms with Crippen molar-refractivity contribution in [3.05, 3.63) is 29.0 Å². The fourth-order valence-electron chi connectivity index (χ4n) is 0.676. The average Bonchev–Trinajstić information content (AvgIpc) is 1.86. The first-order chi connectivity index (χ1) is 5.00. The first-order valence-corrected chi connectivity index (χ1v) is 3.75. The number of nitrogens with zero attached hydrogens (tertiary/aromatic N) is 1. The fourth-order valence-corrected chi connectivity index (χ4v) is 0.967. The van der Waals surface area contributed by atoms with Crippen molar-refractivity contribution in [3.63, 3.8) is 0 Å². The maximum atomic E-state index is 13.0. The van der Waals surface area contributed by atoms with E-state index in [1.165, 1.54) is 25.3 Å². The lowest BCUT2D eigenvalue weighted by Crippen LogP contribution is -2.04. The van der Waals surface area contributed by atoms with Crippen LogP contribution in [0.2, 0.25) is 5.15 Å². The van der Waals surface area contributed by atoms with Crippen LogP contribution in [0, 0.1) is 0 Å². The standard InChI is InChI=1S/C7H6Cl2FN/c1-7(9,10)5-2-3-11-6(8)4-5/h2-4H,1H3. The van der Waals surface area contributed by atoms with Gasteiger partial charge in [-0.3, -0.25) is 0 Å². The van der Waals surface area contributed by atoms with E-state index >= 15 is 0 Å². The van der Waals surface area contributed by atoms with Crippen LogP contribution in [-0.4, -0.2) is 4.98 Å². The topological polar surface area (TPSA) is 12.9 Å². The molecule has 0 aliphatic heterocycles. The van der Waals surface area contributed by atoms with Gasteiger partial charge in [0.15, 0.2) is 0 Å². The van der Waals surface area contributed by atoms with Gasteiger partial charge in [0.25, 0.3) is 0 Å². The zero-order valence-electron chi connectivity index (χ0n) is 5.81. The Bertz CT molecular complexity index is 257. The molecule has 4 heteroatoms. The van der Waals surface area contributed by atoms with E-state index in [0.29, 0.717) is 5.56 Å². The predicted octanol–water partition coefficient (Wildman–Crippen LogP) is 3.12. The second-order valence-corrected chi connectivity index (χ2v) is 3.35. The van der Waals surface area contributed by atoms with Crippen molar-refractivity contribution in [1.82, 2.24) is 4.98 Å². The van der Waals surface area contributed by atoms with Crippen LogP contribution in [0.25, 0.3) is 0 Å². The van der Waals surface area contributed by atoms with Crippen LogP contribution in [0.5, 0.6) is 0 Å². The Morgan fingerprint density at radius 2 is 2.27 bits per heavy atom. The highest BCUT2D eigenvalue weighted by Gasteiger charge is 2.21. The van der Waals surface area contributed by atoms with Crippen molar-refractivity contribution in [2.75, 3.05) is 0 Å². The molecule has 1 aromatic rings. The second-order valence-electron chi connectivity index (χ2n) is 2.26. The highest BCUT2D eigenvalue weighted by molar-refractivity contribution is 6.29. The quantitative estimate of drug-likeness (QED) is 0.494. The monoisotopic (exact) mass is 193 g/mol. The third kappa shape index (κ3) is 2.31. The number of hydrogen-bond acceptors (Lipinski definition) is 1. The molecule has 0 spiro atoms. The molecule has 0 saturated heterocycles. The number of aromatic nitrogens is 1. The molecule has 0 saturated carbocycles. The van der Waals surface area contributed by atoms with Crippen LogP contribution < -0.4 is 0 Å². The number of rotatable bonds is 1. The highest BCUT2D eigenvalue weighted by atomic mass is 35.5. The van der Waals surface area contributed by atoms with Crippen LogP contribution in [0.15, 0.2) is 18.3 Å². The minimum absolute atomic E-state index is 0.243. The molecule has 0 aliphatic rings. The summed E-state index contributed by atoms with van der Waals surface area (Å²) in [4.78, 5) is 3.69. The van der Waals surface area contributed by atoms with Crippen molar-refractivity contribution in [2.45, 2.75) is 12.1 Å². The minimum Gasteiger partial charge on any atom is -0.245 e. The van der Waals surface area contributed by atoms with Gasteiger partial charge in [0.05, 0.1) is 0 Å². The molecule has 0 aliphatic carbocycles. The molecule has 0 amide bonds. The van der Waals surface area contributed by atoms with E-state index in [1.54, 1.807) is 0 Å². The summed E-state index contributed by atoms with van der Waals surface area (Å²) < 4.78 is 13.0. The van der Waals surface area contributed by atoms with Gasteiger partial charge in [0, 0.05) is 11.8 Å². The number of halogens is 3. The maximum absolute atomic E-state index is 13.0. The first kappa shape index (κ1) is 8.75. The molecule has 0 N–H and O–H groups in total. The van der Waals surface area contributed by atoms with Crippen molar-refractivity contribution in [1.29, 1.82) is 0 Å². The Labute approximate surface area is 74.2 Å². The Morgan fingerprint density at radius 1 is 1.64 bits per heavy atom. The summed E-state index contributed by atoms with van der Waals surface area (Å²) in [5.74, 6) is 0. The Balaban J connectivity index is 3.06. The van der Waals surface area contributed by atoms with E-state index in [4.69, 9.17) is 23.2 Å². The van der Waals surface area contributed by atoms with E-state index in [9.17, 15) is 4.39 Å². The van der Waals surface area contributed by atoms with Gasteiger partial charge in [-0.15, -0.1) is 0 Å². The van der Waals surface area contributed by atoms with Crippen LogP contribution in [0.1, 0.15) is 12.5 Å².